The molecule has 0 fully saturated rings. The third-order valence-electron chi connectivity index (χ3n) is 4.54. The van der Waals surface area contributed by atoms with Gasteiger partial charge in [-0.05, 0) is 32.1 Å². The molecule has 0 aliphatic heterocycles. The summed E-state index contributed by atoms with van der Waals surface area (Å²) in [5, 5.41) is 4.57. The Balaban J connectivity index is 1.83. The van der Waals surface area contributed by atoms with Crippen molar-refractivity contribution < 1.29 is 9.59 Å². The van der Waals surface area contributed by atoms with E-state index in [1.54, 1.807) is 30.3 Å². The van der Waals surface area contributed by atoms with Crippen LogP contribution >= 0.6 is 0 Å². The number of para-hydroxylation sites is 1. The van der Waals surface area contributed by atoms with Crippen molar-refractivity contribution in [1.82, 2.24) is 9.78 Å². The number of benzene rings is 2. The van der Waals surface area contributed by atoms with E-state index in [9.17, 15) is 9.59 Å². The van der Waals surface area contributed by atoms with Crippen molar-refractivity contribution in [3.63, 3.8) is 0 Å². The molecule has 122 valence electrons. The van der Waals surface area contributed by atoms with Crippen molar-refractivity contribution in [3.8, 4) is 5.69 Å². The molecule has 0 radical (unpaired) electrons. The lowest BCUT2D eigenvalue weighted by atomic mass is 10.1. The first-order valence-electron chi connectivity index (χ1n) is 8.09. The predicted molar refractivity (Wildman–Crippen MR) is 96.1 cm³/mol. The summed E-state index contributed by atoms with van der Waals surface area (Å²) in [5.41, 5.74) is 4.60. The lowest BCUT2D eigenvalue weighted by Gasteiger charge is -2.04. The molecule has 4 heteroatoms. The van der Waals surface area contributed by atoms with Crippen LogP contribution in [0.3, 0.4) is 0 Å². The van der Waals surface area contributed by atoms with Crippen molar-refractivity contribution >= 4 is 17.6 Å². The van der Waals surface area contributed by atoms with Crippen molar-refractivity contribution in [1.29, 1.82) is 0 Å². The molecule has 3 aromatic rings. The second-order valence-corrected chi connectivity index (χ2v) is 6.09. The number of fused-ring (bicyclic) bond motifs is 1. The number of hydrogen-bond acceptors (Lipinski definition) is 3. The summed E-state index contributed by atoms with van der Waals surface area (Å²) in [6, 6.07) is 16.7. The predicted octanol–water partition coefficient (Wildman–Crippen LogP) is 3.95. The molecule has 0 atom stereocenters. The quantitative estimate of drug-likeness (QED) is 0.529. The van der Waals surface area contributed by atoms with Crippen molar-refractivity contribution in [2.24, 2.45) is 0 Å². The Labute approximate surface area is 145 Å². The van der Waals surface area contributed by atoms with E-state index >= 15 is 0 Å². The molecule has 1 aromatic heterocycles. The SMILES string of the molecule is Cc1nn(-c2ccccc2)c(C)c1C=C1C(=O)c2ccccc2C1=O. The summed E-state index contributed by atoms with van der Waals surface area (Å²) in [6.07, 6.45) is 1.68. The highest BCUT2D eigenvalue weighted by molar-refractivity contribution is 6.41. The summed E-state index contributed by atoms with van der Waals surface area (Å²) in [5.74, 6) is -0.432. The Morgan fingerprint density at radius 1 is 0.840 bits per heavy atom. The van der Waals surface area contributed by atoms with Crippen molar-refractivity contribution in [2.45, 2.75) is 13.8 Å². The number of hydrogen-bond donors (Lipinski definition) is 0. The van der Waals surface area contributed by atoms with Gasteiger partial charge in [0.1, 0.15) is 0 Å². The van der Waals surface area contributed by atoms with Gasteiger partial charge >= 0.3 is 0 Å². The number of ketones is 2. The van der Waals surface area contributed by atoms with Gasteiger partial charge in [0.25, 0.3) is 0 Å². The Kier molecular flexibility index (Phi) is 3.46. The van der Waals surface area contributed by atoms with Gasteiger partial charge in [0, 0.05) is 22.4 Å². The van der Waals surface area contributed by atoms with Crippen LogP contribution in [0.1, 0.15) is 37.7 Å². The fourth-order valence-corrected chi connectivity index (χ4v) is 3.23. The van der Waals surface area contributed by atoms with Crippen LogP contribution < -0.4 is 0 Å². The smallest absolute Gasteiger partial charge is 0.197 e. The summed E-state index contributed by atoms with van der Waals surface area (Å²) in [4.78, 5) is 25.2. The molecule has 0 amide bonds. The van der Waals surface area contributed by atoms with Crippen LogP contribution in [-0.4, -0.2) is 21.3 Å². The molecule has 0 N–H and O–H groups in total. The Morgan fingerprint density at radius 3 is 2.00 bits per heavy atom. The average Bonchev–Trinajstić information content (AvgIpc) is 3.06. The molecule has 0 bridgehead atoms. The van der Waals surface area contributed by atoms with Gasteiger partial charge in [-0.15, -0.1) is 0 Å². The minimum Gasteiger partial charge on any atom is -0.288 e. The third-order valence-corrected chi connectivity index (χ3v) is 4.54. The van der Waals surface area contributed by atoms with Crippen molar-refractivity contribution in [3.05, 3.63) is 88.2 Å². The maximum absolute atomic E-state index is 12.6. The van der Waals surface area contributed by atoms with E-state index in [1.807, 2.05) is 48.9 Å². The first kappa shape index (κ1) is 15.3. The van der Waals surface area contributed by atoms with Gasteiger partial charge in [-0.3, -0.25) is 9.59 Å². The van der Waals surface area contributed by atoms with Crippen LogP contribution in [0.15, 0.2) is 60.2 Å². The van der Waals surface area contributed by atoms with E-state index in [4.69, 9.17) is 0 Å². The molecule has 1 heterocycles. The van der Waals surface area contributed by atoms with Crippen LogP contribution in [0, 0.1) is 13.8 Å². The lowest BCUT2D eigenvalue weighted by Crippen LogP contribution is -2.01. The maximum Gasteiger partial charge on any atom is 0.197 e. The molecular formula is C21H16N2O2. The van der Waals surface area contributed by atoms with Crippen LogP contribution in [0.5, 0.6) is 0 Å². The summed E-state index contributed by atoms with van der Waals surface area (Å²) in [7, 11) is 0. The molecule has 0 saturated carbocycles. The zero-order valence-corrected chi connectivity index (χ0v) is 14.0. The van der Waals surface area contributed by atoms with Gasteiger partial charge in [0.05, 0.1) is 17.0 Å². The minimum atomic E-state index is -0.216. The average molecular weight is 328 g/mol. The van der Waals surface area contributed by atoms with Gasteiger partial charge in [-0.25, -0.2) is 4.68 Å². The van der Waals surface area contributed by atoms with Gasteiger partial charge in [-0.1, -0.05) is 42.5 Å². The lowest BCUT2D eigenvalue weighted by molar-refractivity contribution is 0.0990. The fraction of sp³-hybridized carbons (Fsp3) is 0.0952. The molecule has 0 unspecified atom stereocenters. The highest BCUT2D eigenvalue weighted by Gasteiger charge is 2.33. The zero-order chi connectivity index (χ0) is 17.6. The van der Waals surface area contributed by atoms with E-state index in [-0.39, 0.29) is 17.1 Å². The second-order valence-electron chi connectivity index (χ2n) is 6.09. The number of carbonyl (C=O) groups excluding carboxylic acids is 2. The standard InChI is InChI=1S/C21H16N2O2/c1-13-18(14(2)23(22-13)15-8-4-3-5-9-15)12-19-20(24)16-10-6-7-11-17(16)21(19)25/h3-12H,1-2H3. The Hall–Kier alpha value is -3.27. The number of allylic oxidation sites excluding steroid dienone is 1. The maximum atomic E-state index is 12.6. The molecule has 4 nitrogen and oxygen atoms in total. The Morgan fingerprint density at radius 2 is 1.40 bits per heavy atom. The van der Waals surface area contributed by atoms with Crippen LogP contribution in [0.4, 0.5) is 0 Å². The summed E-state index contributed by atoms with van der Waals surface area (Å²) >= 11 is 0. The normalized spacial score (nSPS) is 13.3. The minimum absolute atomic E-state index is 0.208. The molecule has 4 rings (SSSR count). The first-order chi connectivity index (χ1) is 12.1. The number of Topliss-reactive ketones (excluding diaryl/α,β-unsaturated/α-hetero) is 2. The van der Waals surface area contributed by atoms with E-state index in [1.165, 1.54) is 0 Å². The zero-order valence-electron chi connectivity index (χ0n) is 14.0. The van der Waals surface area contributed by atoms with Crippen LogP contribution in [0.2, 0.25) is 0 Å². The molecule has 1 aliphatic rings. The molecule has 25 heavy (non-hydrogen) atoms. The number of aromatic nitrogens is 2. The van der Waals surface area contributed by atoms with E-state index in [0.29, 0.717) is 11.1 Å². The third kappa shape index (κ3) is 2.34. The topological polar surface area (TPSA) is 52.0 Å². The monoisotopic (exact) mass is 328 g/mol. The van der Waals surface area contributed by atoms with Gasteiger partial charge < -0.3 is 0 Å². The number of carbonyl (C=O) groups is 2. The van der Waals surface area contributed by atoms with Gasteiger partial charge in [0.2, 0.25) is 0 Å². The van der Waals surface area contributed by atoms with Crippen LogP contribution in [0.25, 0.3) is 11.8 Å². The Bertz CT molecular complexity index is 1010. The molecule has 0 saturated heterocycles. The summed E-state index contributed by atoms with van der Waals surface area (Å²) < 4.78 is 1.83. The van der Waals surface area contributed by atoms with Gasteiger partial charge in [0.15, 0.2) is 11.6 Å². The molecular weight excluding hydrogens is 312 g/mol. The molecule has 1 aliphatic carbocycles. The van der Waals surface area contributed by atoms with E-state index in [0.717, 1.165) is 22.6 Å². The number of aryl methyl sites for hydroxylation is 1. The second kappa shape index (κ2) is 5.67. The van der Waals surface area contributed by atoms with E-state index in [2.05, 4.69) is 5.10 Å². The fourth-order valence-electron chi connectivity index (χ4n) is 3.23. The van der Waals surface area contributed by atoms with Crippen molar-refractivity contribution in [2.75, 3.05) is 0 Å². The molecule has 0 spiro atoms. The van der Waals surface area contributed by atoms with E-state index < -0.39 is 0 Å². The highest BCUT2D eigenvalue weighted by atomic mass is 16.2. The molecule has 2 aromatic carbocycles. The number of rotatable bonds is 2. The summed E-state index contributed by atoms with van der Waals surface area (Å²) in [6.45, 7) is 3.83. The highest BCUT2D eigenvalue weighted by Crippen LogP contribution is 2.29. The van der Waals surface area contributed by atoms with Crippen LogP contribution in [-0.2, 0) is 0 Å². The largest absolute Gasteiger partial charge is 0.288 e. The number of nitrogens with zero attached hydrogens (tertiary/aromatic N) is 2. The first-order valence-corrected chi connectivity index (χ1v) is 8.09. The van der Waals surface area contributed by atoms with Gasteiger partial charge in [-0.2, -0.15) is 5.10 Å².